The molecule has 1 fully saturated rings. The fourth-order valence-corrected chi connectivity index (χ4v) is 2.62. The Hall–Kier alpha value is -2.70. The topological polar surface area (TPSA) is 88.3 Å². The van der Waals surface area contributed by atoms with Crippen LogP contribution in [0.15, 0.2) is 29.1 Å². The normalized spacial score (nSPS) is 14.8. The number of anilines is 1. The molecule has 0 aliphatic carbocycles. The van der Waals surface area contributed by atoms with Gasteiger partial charge in [0.05, 0.1) is 29.7 Å². The first-order chi connectivity index (χ1) is 11.8. The van der Waals surface area contributed by atoms with Crippen LogP contribution in [0.25, 0.3) is 0 Å². The van der Waals surface area contributed by atoms with Gasteiger partial charge in [-0.05, 0) is 12.5 Å². The van der Waals surface area contributed by atoms with Crippen molar-refractivity contribution in [1.29, 1.82) is 0 Å². The standard InChI is InChI=1S/C18H22N4O3/c1-18(2,3)14-11-25-15(21-14)10-20-17(24)12-7-13(9-19-8-12)22-6-4-5-16(22)23/h7-9,11H,4-6,10H2,1-3H3,(H,20,24). The maximum Gasteiger partial charge on any atom is 0.253 e. The minimum atomic E-state index is -0.281. The maximum atomic E-state index is 12.3. The lowest BCUT2D eigenvalue weighted by molar-refractivity contribution is -0.117. The molecule has 1 saturated heterocycles. The highest BCUT2D eigenvalue weighted by atomic mass is 16.3. The van der Waals surface area contributed by atoms with Crippen LogP contribution in [-0.2, 0) is 16.8 Å². The zero-order valence-electron chi connectivity index (χ0n) is 14.7. The second-order valence-corrected chi connectivity index (χ2v) is 7.14. The molecule has 2 aromatic heterocycles. The number of carbonyl (C=O) groups excluding carboxylic acids is 2. The highest BCUT2D eigenvalue weighted by Crippen LogP contribution is 2.22. The molecule has 2 amide bonds. The zero-order chi connectivity index (χ0) is 18.0. The van der Waals surface area contributed by atoms with E-state index >= 15 is 0 Å². The van der Waals surface area contributed by atoms with E-state index in [1.807, 2.05) is 20.8 Å². The van der Waals surface area contributed by atoms with Gasteiger partial charge in [0.15, 0.2) is 0 Å². The Morgan fingerprint density at radius 1 is 1.36 bits per heavy atom. The van der Waals surface area contributed by atoms with Crippen molar-refractivity contribution in [3.63, 3.8) is 0 Å². The van der Waals surface area contributed by atoms with E-state index in [0.29, 0.717) is 30.1 Å². The minimum absolute atomic E-state index is 0.0638. The smallest absolute Gasteiger partial charge is 0.253 e. The maximum absolute atomic E-state index is 12.3. The molecule has 132 valence electrons. The number of pyridine rings is 1. The van der Waals surface area contributed by atoms with E-state index in [2.05, 4.69) is 15.3 Å². The van der Waals surface area contributed by atoms with Gasteiger partial charge in [0, 0.05) is 24.6 Å². The van der Waals surface area contributed by atoms with Crippen LogP contribution in [0.1, 0.15) is 55.6 Å². The van der Waals surface area contributed by atoms with Gasteiger partial charge in [-0.15, -0.1) is 0 Å². The van der Waals surface area contributed by atoms with Gasteiger partial charge in [-0.3, -0.25) is 14.6 Å². The summed E-state index contributed by atoms with van der Waals surface area (Å²) in [4.78, 5) is 34.3. The van der Waals surface area contributed by atoms with E-state index in [9.17, 15) is 9.59 Å². The van der Waals surface area contributed by atoms with Crippen LogP contribution in [0.2, 0.25) is 0 Å². The summed E-state index contributed by atoms with van der Waals surface area (Å²) in [6, 6.07) is 1.68. The average Bonchev–Trinajstić information content (AvgIpc) is 3.21. The van der Waals surface area contributed by atoms with Crippen molar-refractivity contribution in [2.45, 2.75) is 45.6 Å². The van der Waals surface area contributed by atoms with Crippen molar-refractivity contribution in [3.05, 3.63) is 41.9 Å². The Kier molecular flexibility index (Phi) is 4.57. The first-order valence-electron chi connectivity index (χ1n) is 8.33. The average molecular weight is 342 g/mol. The summed E-state index contributed by atoms with van der Waals surface area (Å²) in [5, 5.41) is 2.77. The van der Waals surface area contributed by atoms with Gasteiger partial charge >= 0.3 is 0 Å². The number of hydrogen-bond donors (Lipinski definition) is 1. The van der Waals surface area contributed by atoms with Gasteiger partial charge in [-0.2, -0.15) is 0 Å². The summed E-state index contributed by atoms with van der Waals surface area (Å²) in [6.07, 6.45) is 6.06. The molecule has 2 aromatic rings. The van der Waals surface area contributed by atoms with Crippen LogP contribution >= 0.6 is 0 Å². The third-order valence-electron chi connectivity index (χ3n) is 4.09. The van der Waals surface area contributed by atoms with Crippen LogP contribution in [0.3, 0.4) is 0 Å². The molecule has 3 heterocycles. The Bertz CT molecular complexity index is 792. The van der Waals surface area contributed by atoms with Crippen LogP contribution in [0, 0.1) is 0 Å². The summed E-state index contributed by atoms with van der Waals surface area (Å²) < 4.78 is 5.40. The molecule has 0 unspecified atom stereocenters. The van der Waals surface area contributed by atoms with E-state index in [1.165, 1.54) is 6.20 Å². The number of carbonyl (C=O) groups is 2. The number of hydrogen-bond acceptors (Lipinski definition) is 5. The summed E-state index contributed by atoms with van der Waals surface area (Å²) in [5.74, 6) is 0.238. The third-order valence-corrected chi connectivity index (χ3v) is 4.09. The second-order valence-electron chi connectivity index (χ2n) is 7.14. The predicted octanol–water partition coefficient (Wildman–Crippen LogP) is 2.42. The lowest BCUT2D eigenvalue weighted by Gasteiger charge is -2.15. The number of nitrogens with zero attached hydrogens (tertiary/aromatic N) is 3. The van der Waals surface area contributed by atoms with Crippen molar-refractivity contribution in [2.24, 2.45) is 0 Å². The lowest BCUT2D eigenvalue weighted by atomic mass is 9.93. The number of amides is 2. The molecule has 1 N–H and O–H groups in total. The van der Waals surface area contributed by atoms with Crippen molar-refractivity contribution < 1.29 is 14.0 Å². The monoisotopic (exact) mass is 342 g/mol. The molecular weight excluding hydrogens is 320 g/mol. The number of aromatic nitrogens is 2. The van der Waals surface area contributed by atoms with Crippen molar-refractivity contribution >= 4 is 17.5 Å². The summed E-state index contributed by atoms with van der Waals surface area (Å²) >= 11 is 0. The molecule has 0 spiro atoms. The molecule has 25 heavy (non-hydrogen) atoms. The van der Waals surface area contributed by atoms with Gasteiger partial charge in [0.2, 0.25) is 11.8 Å². The molecule has 7 heteroatoms. The van der Waals surface area contributed by atoms with E-state index in [0.717, 1.165) is 12.1 Å². The van der Waals surface area contributed by atoms with Crippen LogP contribution in [-0.4, -0.2) is 28.3 Å². The van der Waals surface area contributed by atoms with Crippen LogP contribution in [0.4, 0.5) is 5.69 Å². The Morgan fingerprint density at radius 3 is 2.80 bits per heavy atom. The number of rotatable bonds is 4. The molecule has 0 aromatic carbocycles. The quantitative estimate of drug-likeness (QED) is 0.922. The Balaban J connectivity index is 1.65. The minimum Gasteiger partial charge on any atom is -0.447 e. The number of nitrogens with one attached hydrogen (secondary N) is 1. The van der Waals surface area contributed by atoms with Crippen molar-refractivity contribution in [3.8, 4) is 0 Å². The van der Waals surface area contributed by atoms with E-state index in [4.69, 9.17) is 4.42 Å². The SMILES string of the molecule is CC(C)(C)c1coc(CNC(=O)c2cncc(N3CCCC3=O)c2)n1. The van der Waals surface area contributed by atoms with Gasteiger partial charge in [0.1, 0.15) is 6.26 Å². The largest absolute Gasteiger partial charge is 0.447 e. The zero-order valence-corrected chi connectivity index (χ0v) is 14.7. The van der Waals surface area contributed by atoms with E-state index < -0.39 is 0 Å². The van der Waals surface area contributed by atoms with Crippen molar-refractivity contribution in [1.82, 2.24) is 15.3 Å². The summed E-state index contributed by atoms with van der Waals surface area (Å²) in [5.41, 5.74) is 1.79. The molecular formula is C18H22N4O3. The molecule has 0 atom stereocenters. The lowest BCUT2D eigenvalue weighted by Crippen LogP contribution is -2.26. The van der Waals surface area contributed by atoms with Gasteiger partial charge in [-0.25, -0.2) is 4.98 Å². The van der Waals surface area contributed by atoms with Crippen LogP contribution < -0.4 is 10.2 Å². The first-order valence-corrected chi connectivity index (χ1v) is 8.33. The molecule has 1 aliphatic heterocycles. The molecule has 7 nitrogen and oxygen atoms in total. The first kappa shape index (κ1) is 17.1. The molecule has 3 rings (SSSR count). The fraction of sp³-hybridized carbons (Fsp3) is 0.444. The molecule has 1 aliphatic rings. The van der Waals surface area contributed by atoms with Gasteiger partial charge in [-0.1, -0.05) is 20.8 Å². The Labute approximate surface area is 146 Å². The Morgan fingerprint density at radius 2 is 2.16 bits per heavy atom. The van der Waals surface area contributed by atoms with Gasteiger partial charge < -0.3 is 14.6 Å². The highest BCUT2D eigenvalue weighted by molar-refractivity contribution is 5.98. The summed E-state index contributed by atoms with van der Waals surface area (Å²) in [6.45, 7) is 7.00. The molecule has 0 radical (unpaired) electrons. The summed E-state index contributed by atoms with van der Waals surface area (Å²) in [7, 11) is 0. The molecule has 0 bridgehead atoms. The second kappa shape index (κ2) is 6.66. The number of oxazole rings is 1. The third kappa shape index (κ3) is 3.87. The highest BCUT2D eigenvalue weighted by Gasteiger charge is 2.23. The molecule has 0 saturated carbocycles. The van der Waals surface area contributed by atoms with Crippen LogP contribution in [0.5, 0.6) is 0 Å². The van der Waals surface area contributed by atoms with Gasteiger partial charge in [0.25, 0.3) is 5.91 Å². The van der Waals surface area contributed by atoms with Crippen molar-refractivity contribution in [2.75, 3.05) is 11.4 Å². The van der Waals surface area contributed by atoms with E-state index in [1.54, 1.807) is 23.4 Å². The van der Waals surface area contributed by atoms with E-state index in [-0.39, 0.29) is 23.8 Å². The fourth-order valence-electron chi connectivity index (χ4n) is 2.62. The predicted molar refractivity (Wildman–Crippen MR) is 92.2 cm³/mol.